The lowest BCUT2D eigenvalue weighted by molar-refractivity contribution is -0.274. The van der Waals surface area contributed by atoms with Crippen LogP contribution in [0.5, 0.6) is 5.75 Å². The summed E-state index contributed by atoms with van der Waals surface area (Å²) in [6.45, 7) is 1.64. The molecular formula is C20H20F3N3O3. The van der Waals surface area contributed by atoms with Crippen molar-refractivity contribution in [2.45, 2.75) is 38.0 Å². The molecule has 9 heteroatoms. The number of carbonyl (C=O) groups excluding carboxylic acids is 2. The number of halogens is 3. The molecule has 1 fully saturated rings. The minimum absolute atomic E-state index is 0.0425. The van der Waals surface area contributed by atoms with E-state index in [1.54, 1.807) is 13.0 Å². The number of hydrogen-bond acceptors (Lipinski definition) is 4. The predicted molar refractivity (Wildman–Crippen MR) is 98.5 cm³/mol. The van der Waals surface area contributed by atoms with Crippen molar-refractivity contribution in [2.75, 3.05) is 0 Å². The molecule has 0 spiro atoms. The van der Waals surface area contributed by atoms with Crippen LogP contribution in [-0.4, -0.2) is 24.2 Å². The van der Waals surface area contributed by atoms with E-state index < -0.39 is 30.5 Å². The van der Waals surface area contributed by atoms with Gasteiger partial charge in [-0.05, 0) is 30.2 Å². The molecule has 3 rings (SSSR count). The Morgan fingerprint density at radius 1 is 1.17 bits per heavy atom. The Morgan fingerprint density at radius 2 is 1.90 bits per heavy atom. The number of rotatable bonds is 5. The zero-order chi connectivity index (χ0) is 21.0. The first-order chi connectivity index (χ1) is 13.7. The van der Waals surface area contributed by atoms with Crippen molar-refractivity contribution in [3.05, 3.63) is 65.7 Å². The molecule has 29 heavy (non-hydrogen) atoms. The standard InChI is InChI=1S/C20H20F3N3O3/c1-12(14-8-5-9-15(10-14)29-20(21,22)23)24-19(28)16-11-17(27)26-18(25-16)13-6-3-2-4-7-13/h2-10,12,16,18,25H,11H2,1H3,(H,24,28)(H,26,27). The first-order valence-electron chi connectivity index (χ1n) is 8.98. The molecule has 0 aliphatic carbocycles. The second-order valence-electron chi connectivity index (χ2n) is 6.69. The quantitative estimate of drug-likeness (QED) is 0.712. The van der Waals surface area contributed by atoms with E-state index in [4.69, 9.17) is 0 Å². The molecule has 3 atom stereocenters. The summed E-state index contributed by atoms with van der Waals surface area (Å²) in [5.74, 6) is -1.06. The Bertz CT molecular complexity index is 874. The van der Waals surface area contributed by atoms with Crippen molar-refractivity contribution in [3.8, 4) is 5.75 Å². The summed E-state index contributed by atoms with van der Waals surface area (Å²) < 4.78 is 41.1. The van der Waals surface area contributed by atoms with Gasteiger partial charge in [-0.3, -0.25) is 14.9 Å². The van der Waals surface area contributed by atoms with Crippen LogP contribution >= 0.6 is 0 Å². The van der Waals surface area contributed by atoms with Crippen LogP contribution in [0.15, 0.2) is 54.6 Å². The van der Waals surface area contributed by atoms with E-state index in [1.807, 2.05) is 30.3 Å². The third-order valence-electron chi connectivity index (χ3n) is 4.46. The summed E-state index contributed by atoms with van der Waals surface area (Å²) in [6, 6.07) is 13.2. The summed E-state index contributed by atoms with van der Waals surface area (Å²) in [5.41, 5.74) is 1.25. The zero-order valence-corrected chi connectivity index (χ0v) is 15.5. The van der Waals surface area contributed by atoms with Crippen LogP contribution in [0.2, 0.25) is 0 Å². The summed E-state index contributed by atoms with van der Waals surface area (Å²) >= 11 is 0. The van der Waals surface area contributed by atoms with Gasteiger partial charge in [0.15, 0.2) is 0 Å². The molecule has 3 N–H and O–H groups in total. The predicted octanol–water partition coefficient (Wildman–Crippen LogP) is 2.94. The van der Waals surface area contributed by atoms with Crippen LogP contribution < -0.4 is 20.7 Å². The Labute approximate surface area is 165 Å². The van der Waals surface area contributed by atoms with Gasteiger partial charge in [0.2, 0.25) is 11.8 Å². The highest BCUT2D eigenvalue weighted by molar-refractivity contribution is 5.89. The van der Waals surface area contributed by atoms with Crippen molar-refractivity contribution in [1.82, 2.24) is 16.0 Å². The number of ether oxygens (including phenoxy) is 1. The van der Waals surface area contributed by atoms with Gasteiger partial charge in [-0.2, -0.15) is 0 Å². The molecule has 0 saturated carbocycles. The molecule has 3 unspecified atom stereocenters. The number of nitrogens with one attached hydrogen (secondary N) is 3. The van der Waals surface area contributed by atoms with Crippen molar-refractivity contribution >= 4 is 11.8 Å². The van der Waals surface area contributed by atoms with Gasteiger partial charge in [-0.1, -0.05) is 42.5 Å². The zero-order valence-electron chi connectivity index (χ0n) is 15.5. The number of benzene rings is 2. The third-order valence-corrected chi connectivity index (χ3v) is 4.46. The Hall–Kier alpha value is -3.07. The minimum Gasteiger partial charge on any atom is -0.406 e. The van der Waals surface area contributed by atoms with Gasteiger partial charge in [0.05, 0.1) is 18.5 Å². The number of amides is 2. The van der Waals surface area contributed by atoms with Crippen LogP contribution in [0.25, 0.3) is 0 Å². The van der Waals surface area contributed by atoms with E-state index in [-0.39, 0.29) is 18.1 Å². The first-order valence-corrected chi connectivity index (χ1v) is 8.98. The van der Waals surface area contributed by atoms with Gasteiger partial charge in [0, 0.05) is 0 Å². The molecule has 1 saturated heterocycles. The maximum absolute atomic E-state index is 12.7. The van der Waals surface area contributed by atoms with E-state index in [1.165, 1.54) is 18.2 Å². The normalized spacial score (nSPS) is 20.5. The van der Waals surface area contributed by atoms with Crippen LogP contribution in [-0.2, 0) is 9.59 Å². The fourth-order valence-corrected chi connectivity index (χ4v) is 3.08. The van der Waals surface area contributed by atoms with Crippen molar-refractivity contribution in [3.63, 3.8) is 0 Å². The summed E-state index contributed by atoms with van der Waals surface area (Å²) in [6.07, 6.45) is -5.34. The monoisotopic (exact) mass is 407 g/mol. The highest BCUT2D eigenvalue weighted by Gasteiger charge is 2.33. The Balaban J connectivity index is 1.66. The summed E-state index contributed by atoms with van der Waals surface area (Å²) in [5, 5.41) is 8.59. The molecule has 1 aliphatic heterocycles. The maximum atomic E-state index is 12.7. The fraction of sp³-hybridized carbons (Fsp3) is 0.300. The highest BCUT2D eigenvalue weighted by atomic mass is 19.4. The van der Waals surface area contributed by atoms with Crippen molar-refractivity contribution < 1.29 is 27.5 Å². The third kappa shape index (κ3) is 5.71. The van der Waals surface area contributed by atoms with Gasteiger partial charge in [-0.15, -0.1) is 13.2 Å². The highest BCUT2D eigenvalue weighted by Crippen LogP contribution is 2.25. The average molecular weight is 407 g/mol. The molecule has 154 valence electrons. The van der Waals surface area contributed by atoms with Crippen LogP contribution in [0.1, 0.15) is 36.7 Å². The summed E-state index contributed by atoms with van der Waals surface area (Å²) in [4.78, 5) is 24.7. The Morgan fingerprint density at radius 3 is 2.59 bits per heavy atom. The van der Waals surface area contributed by atoms with Crippen molar-refractivity contribution in [2.24, 2.45) is 0 Å². The average Bonchev–Trinajstić information content (AvgIpc) is 2.67. The van der Waals surface area contributed by atoms with Crippen LogP contribution in [0.3, 0.4) is 0 Å². The first kappa shape index (κ1) is 20.7. The lowest BCUT2D eigenvalue weighted by Gasteiger charge is -2.32. The number of alkyl halides is 3. The molecule has 0 aromatic heterocycles. The minimum atomic E-state index is -4.79. The maximum Gasteiger partial charge on any atom is 0.573 e. The molecule has 0 bridgehead atoms. The van der Waals surface area contributed by atoms with E-state index in [2.05, 4.69) is 20.7 Å². The van der Waals surface area contributed by atoms with Gasteiger partial charge in [0.1, 0.15) is 11.9 Å². The van der Waals surface area contributed by atoms with E-state index >= 15 is 0 Å². The van der Waals surface area contributed by atoms with Gasteiger partial charge in [-0.25, -0.2) is 0 Å². The largest absolute Gasteiger partial charge is 0.573 e. The van der Waals surface area contributed by atoms with E-state index in [0.717, 1.165) is 5.56 Å². The van der Waals surface area contributed by atoms with Crippen molar-refractivity contribution in [1.29, 1.82) is 0 Å². The second kappa shape index (κ2) is 8.52. The molecule has 1 aliphatic rings. The Kier molecular flexibility index (Phi) is 6.07. The van der Waals surface area contributed by atoms with Gasteiger partial charge >= 0.3 is 6.36 Å². The summed E-state index contributed by atoms with van der Waals surface area (Å²) in [7, 11) is 0. The topological polar surface area (TPSA) is 79.5 Å². The van der Waals surface area contributed by atoms with Crippen LogP contribution in [0, 0.1) is 0 Å². The molecule has 1 heterocycles. The number of hydrogen-bond donors (Lipinski definition) is 3. The van der Waals surface area contributed by atoms with E-state index in [9.17, 15) is 22.8 Å². The smallest absolute Gasteiger partial charge is 0.406 e. The lowest BCUT2D eigenvalue weighted by atomic mass is 10.0. The van der Waals surface area contributed by atoms with Gasteiger partial charge < -0.3 is 15.4 Å². The van der Waals surface area contributed by atoms with Gasteiger partial charge in [0.25, 0.3) is 0 Å². The van der Waals surface area contributed by atoms with E-state index in [0.29, 0.717) is 5.56 Å². The SMILES string of the molecule is CC(NC(=O)C1CC(=O)NC(c2ccccc2)N1)c1cccc(OC(F)(F)F)c1. The molecule has 6 nitrogen and oxygen atoms in total. The lowest BCUT2D eigenvalue weighted by Crippen LogP contribution is -2.56. The molecule has 2 aromatic rings. The fourth-order valence-electron chi connectivity index (χ4n) is 3.08. The second-order valence-corrected chi connectivity index (χ2v) is 6.69. The molecule has 2 aromatic carbocycles. The molecule has 2 amide bonds. The molecule has 0 radical (unpaired) electrons. The number of carbonyl (C=O) groups is 2. The van der Waals surface area contributed by atoms with Crippen LogP contribution in [0.4, 0.5) is 13.2 Å². The molecular weight excluding hydrogens is 387 g/mol.